The predicted octanol–water partition coefficient (Wildman–Crippen LogP) is 3.15. The first-order valence-electron chi connectivity index (χ1n) is 7.87. The fraction of sp³-hybridized carbons (Fsp3) is 0.0556. The minimum absolute atomic E-state index is 0.137. The average molecular weight is 415 g/mol. The van der Waals surface area contributed by atoms with E-state index in [4.69, 9.17) is 17.0 Å². The number of hydrazine groups is 1. The van der Waals surface area contributed by atoms with Crippen LogP contribution in [0.15, 0.2) is 53.4 Å². The van der Waals surface area contributed by atoms with Crippen molar-refractivity contribution in [3.8, 4) is 5.75 Å². The van der Waals surface area contributed by atoms with Crippen LogP contribution in [0, 0.1) is 10.1 Å². The Morgan fingerprint density at radius 1 is 1.25 bits per heavy atom. The molecule has 0 saturated carbocycles. The van der Waals surface area contributed by atoms with Crippen molar-refractivity contribution >= 4 is 51.9 Å². The molecule has 1 aliphatic heterocycles. The maximum atomic E-state index is 12.6. The lowest BCUT2D eigenvalue weighted by Gasteiger charge is -2.15. The van der Waals surface area contributed by atoms with Gasteiger partial charge in [-0.05, 0) is 36.5 Å². The number of amides is 2. The number of nitrogens with one attached hydrogen (secondary N) is 1. The van der Waals surface area contributed by atoms with Crippen molar-refractivity contribution in [1.82, 2.24) is 10.4 Å². The number of hydrogen-bond donors (Lipinski definition) is 1. The zero-order chi connectivity index (χ0) is 20.3. The number of thiocarbonyl (C=S) groups is 1. The SMILES string of the molecule is COc1ccccc1/C=C1\SC(=S)N(NC(=O)c2ccc([N+](=O)[O-])cc2)C1=O. The largest absolute Gasteiger partial charge is 0.496 e. The molecule has 1 heterocycles. The molecule has 2 amide bonds. The molecule has 28 heavy (non-hydrogen) atoms. The summed E-state index contributed by atoms with van der Waals surface area (Å²) >= 11 is 6.24. The summed E-state index contributed by atoms with van der Waals surface area (Å²) < 4.78 is 5.43. The third-order valence-corrected chi connectivity index (χ3v) is 5.08. The van der Waals surface area contributed by atoms with E-state index in [0.29, 0.717) is 16.2 Å². The summed E-state index contributed by atoms with van der Waals surface area (Å²) in [5.41, 5.74) is 3.15. The Morgan fingerprint density at radius 2 is 1.93 bits per heavy atom. The molecule has 1 fully saturated rings. The predicted molar refractivity (Wildman–Crippen MR) is 109 cm³/mol. The lowest BCUT2D eigenvalue weighted by molar-refractivity contribution is -0.384. The molecule has 0 aromatic heterocycles. The summed E-state index contributed by atoms with van der Waals surface area (Å²) in [6.45, 7) is 0. The van der Waals surface area contributed by atoms with E-state index in [1.807, 2.05) is 12.1 Å². The highest BCUT2D eigenvalue weighted by Gasteiger charge is 2.34. The third-order valence-electron chi connectivity index (χ3n) is 3.77. The van der Waals surface area contributed by atoms with Crippen molar-refractivity contribution in [2.24, 2.45) is 0 Å². The van der Waals surface area contributed by atoms with Crippen LogP contribution < -0.4 is 10.2 Å². The van der Waals surface area contributed by atoms with Crippen LogP contribution in [-0.2, 0) is 4.79 Å². The number of non-ortho nitro benzene ring substituents is 1. The van der Waals surface area contributed by atoms with Crippen LogP contribution in [0.4, 0.5) is 5.69 Å². The van der Waals surface area contributed by atoms with Gasteiger partial charge in [0.25, 0.3) is 17.5 Å². The maximum Gasteiger partial charge on any atom is 0.285 e. The van der Waals surface area contributed by atoms with Crippen LogP contribution in [0.1, 0.15) is 15.9 Å². The van der Waals surface area contributed by atoms with Crippen molar-refractivity contribution in [1.29, 1.82) is 0 Å². The van der Waals surface area contributed by atoms with Gasteiger partial charge in [-0.15, -0.1) is 0 Å². The Kier molecular flexibility index (Phi) is 5.71. The molecule has 2 aromatic rings. The molecule has 2 aromatic carbocycles. The van der Waals surface area contributed by atoms with Crippen molar-refractivity contribution in [3.63, 3.8) is 0 Å². The fourth-order valence-corrected chi connectivity index (χ4v) is 3.56. The van der Waals surface area contributed by atoms with Gasteiger partial charge in [0.05, 0.1) is 16.9 Å². The van der Waals surface area contributed by atoms with E-state index in [-0.39, 0.29) is 15.6 Å². The molecule has 0 unspecified atom stereocenters. The van der Waals surface area contributed by atoms with Crippen molar-refractivity contribution < 1.29 is 19.2 Å². The van der Waals surface area contributed by atoms with E-state index < -0.39 is 16.7 Å². The Bertz CT molecular complexity index is 1000. The average Bonchev–Trinajstić information content (AvgIpc) is 2.95. The first kappa shape index (κ1) is 19.5. The van der Waals surface area contributed by atoms with Gasteiger partial charge in [0.1, 0.15) is 5.75 Å². The van der Waals surface area contributed by atoms with E-state index in [1.54, 1.807) is 18.2 Å². The molecule has 10 heteroatoms. The molecule has 8 nitrogen and oxygen atoms in total. The maximum absolute atomic E-state index is 12.6. The molecule has 0 bridgehead atoms. The van der Waals surface area contributed by atoms with Crippen LogP contribution in [0.5, 0.6) is 5.75 Å². The molecule has 1 saturated heterocycles. The molecule has 142 valence electrons. The summed E-state index contributed by atoms with van der Waals surface area (Å²) in [5.74, 6) is -0.483. The number of para-hydroxylation sites is 1. The third kappa shape index (κ3) is 4.02. The molecule has 3 rings (SSSR count). The molecule has 1 aliphatic rings. The van der Waals surface area contributed by atoms with E-state index in [0.717, 1.165) is 16.8 Å². The first-order valence-corrected chi connectivity index (χ1v) is 9.09. The number of benzene rings is 2. The summed E-state index contributed by atoms with van der Waals surface area (Å²) in [6.07, 6.45) is 1.64. The topological polar surface area (TPSA) is 102 Å². The van der Waals surface area contributed by atoms with Crippen LogP contribution in [0.3, 0.4) is 0 Å². The van der Waals surface area contributed by atoms with Gasteiger partial charge in [-0.1, -0.05) is 30.0 Å². The number of nitro benzene ring substituents is 1. The number of thioether (sulfide) groups is 1. The molecule has 0 spiro atoms. The Morgan fingerprint density at radius 3 is 2.57 bits per heavy atom. The summed E-state index contributed by atoms with van der Waals surface area (Å²) in [6, 6.07) is 12.2. The van der Waals surface area contributed by atoms with Gasteiger partial charge >= 0.3 is 0 Å². The van der Waals surface area contributed by atoms with Crippen molar-refractivity contribution in [2.75, 3.05) is 7.11 Å². The van der Waals surface area contributed by atoms with Crippen LogP contribution in [0.2, 0.25) is 0 Å². The second-order valence-electron chi connectivity index (χ2n) is 5.50. The van der Waals surface area contributed by atoms with E-state index in [9.17, 15) is 19.7 Å². The van der Waals surface area contributed by atoms with Gasteiger partial charge in [-0.3, -0.25) is 25.1 Å². The summed E-state index contributed by atoms with van der Waals surface area (Å²) in [7, 11) is 1.53. The minimum atomic E-state index is -0.607. The van der Waals surface area contributed by atoms with Crippen molar-refractivity contribution in [3.05, 3.63) is 74.7 Å². The molecule has 1 N–H and O–H groups in total. The highest BCUT2D eigenvalue weighted by molar-refractivity contribution is 8.26. The molecular weight excluding hydrogens is 402 g/mol. The van der Waals surface area contributed by atoms with E-state index in [2.05, 4.69) is 5.43 Å². The standard InChI is InChI=1S/C18H13N3O5S2/c1-26-14-5-3-2-4-12(14)10-15-17(23)20(18(27)28-15)19-16(22)11-6-8-13(9-7-11)21(24)25/h2-10H,1H3,(H,19,22)/b15-10-. The second kappa shape index (κ2) is 8.19. The number of methoxy groups -OCH3 is 1. The van der Waals surface area contributed by atoms with Gasteiger partial charge in [-0.2, -0.15) is 5.01 Å². The van der Waals surface area contributed by atoms with Crippen LogP contribution in [0.25, 0.3) is 6.08 Å². The number of carbonyl (C=O) groups excluding carboxylic acids is 2. The quantitative estimate of drug-likeness (QED) is 0.346. The van der Waals surface area contributed by atoms with Gasteiger partial charge in [0.15, 0.2) is 4.32 Å². The molecule has 0 aliphatic carbocycles. The molecule has 0 atom stereocenters. The van der Waals surface area contributed by atoms with Gasteiger partial charge in [0, 0.05) is 23.3 Å². The van der Waals surface area contributed by atoms with Gasteiger partial charge in [-0.25, -0.2) is 0 Å². The smallest absolute Gasteiger partial charge is 0.285 e. The zero-order valence-corrected chi connectivity index (χ0v) is 16.1. The van der Waals surface area contributed by atoms with Gasteiger partial charge < -0.3 is 4.74 Å². The number of hydrogen-bond acceptors (Lipinski definition) is 7. The number of nitrogens with zero attached hydrogens (tertiary/aromatic N) is 2. The Hall–Kier alpha value is -3.24. The van der Waals surface area contributed by atoms with Crippen molar-refractivity contribution in [2.45, 2.75) is 0 Å². The Balaban J connectivity index is 1.77. The van der Waals surface area contributed by atoms with Gasteiger partial charge in [0.2, 0.25) is 0 Å². The van der Waals surface area contributed by atoms with Crippen LogP contribution in [-0.4, -0.2) is 33.2 Å². The number of rotatable bonds is 5. The van der Waals surface area contributed by atoms with E-state index >= 15 is 0 Å². The number of nitro groups is 1. The normalized spacial score (nSPS) is 15.0. The number of ether oxygens (including phenoxy) is 1. The first-order chi connectivity index (χ1) is 13.4. The minimum Gasteiger partial charge on any atom is -0.496 e. The lowest BCUT2D eigenvalue weighted by Crippen LogP contribution is -2.44. The number of carbonyl (C=O) groups is 2. The highest BCUT2D eigenvalue weighted by Crippen LogP contribution is 2.33. The fourth-order valence-electron chi connectivity index (χ4n) is 2.39. The highest BCUT2D eigenvalue weighted by atomic mass is 32.2. The second-order valence-corrected chi connectivity index (χ2v) is 7.18. The molecular formula is C18H13N3O5S2. The van der Waals surface area contributed by atoms with E-state index in [1.165, 1.54) is 31.4 Å². The van der Waals surface area contributed by atoms with Crippen LogP contribution >= 0.6 is 24.0 Å². The Labute approximate surface area is 169 Å². The molecule has 0 radical (unpaired) electrons. The summed E-state index contributed by atoms with van der Waals surface area (Å²) in [5, 5.41) is 11.7. The monoisotopic (exact) mass is 415 g/mol. The zero-order valence-electron chi connectivity index (χ0n) is 14.4. The lowest BCUT2D eigenvalue weighted by atomic mass is 10.2. The summed E-state index contributed by atoms with van der Waals surface area (Å²) in [4.78, 5) is 35.5.